The number of carbonyl (C=O) groups excluding carboxylic acids is 1. The highest BCUT2D eigenvalue weighted by molar-refractivity contribution is 5.78. The first-order valence-corrected chi connectivity index (χ1v) is 9.25. The highest BCUT2D eigenvalue weighted by Crippen LogP contribution is 2.47. The van der Waals surface area contributed by atoms with E-state index in [1.165, 1.54) is 12.1 Å². The van der Waals surface area contributed by atoms with E-state index in [4.69, 9.17) is 9.05 Å². The van der Waals surface area contributed by atoms with Gasteiger partial charge in [-0.1, -0.05) is 10.3 Å². The monoisotopic (exact) mass is 383 g/mol. The van der Waals surface area contributed by atoms with Crippen LogP contribution < -0.4 is 0 Å². The van der Waals surface area contributed by atoms with Crippen LogP contribution in [0.3, 0.4) is 0 Å². The summed E-state index contributed by atoms with van der Waals surface area (Å²) in [5.41, 5.74) is 0.714. The minimum atomic E-state index is -0.305. The number of aryl methyl sites for hydroxylation is 1. The molecule has 3 atom stereocenters. The van der Waals surface area contributed by atoms with Crippen molar-refractivity contribution in [2.75, 3.05) is 6.54 Å². The summed E-state index contributed by atoms with van der Waals surface area (Å²) in [6.45, 7) is 2.39. The fraction of sp³-hybridized carbons (Fsp3) is 0.421. The van der Waals surface area contributed by atoms with Crippen LogP contribution in [0.5, 0.6) is 0 Å². The molecule has 8 nitrogen and oxygen atoms in total. The number of carbonyl (C=O) groups is 1. The lowest BCUT2D eigenvalue weighted by molar-refractivity contribution is -0.132. The standard InChI is InChI=1S/C19H18FN5O3/c1-10-21-16(27-23-10)8-17(26)25-9-12-6-14(25)7-15(12)19-22-18(24-28-19)11-2-4-13(20)5-3-11/h2-5,12,14-15H,6-9H2,1H3. The lowest BCUT2D eigenvalue weighted by atomic mass is 9.94. The molecule has 5 rings (SSSR count). The number of hydrogen-bond donors (Lipinski definition) is 0. The van der Waals surface area contributed by atoms with E-state index < -0.39 is 0 Å². The van der Waals surface area contributed by atoms with E-state index in [2.05, 4.69) is 20.3 Å². The fourth-order valence-corrected chi connectivity index (χ4v) is 4.31. The Labute approximate surface area is 159 Å². The van der Waals surface area contributed by atoms with Crippen molar-refractivity contribution in [1.82, 2.24) is 25.2 Å². The van der Waals surface area contributed by atoms with Gasteiger partial charge in [0.2, 0.25) is 23.5 Å². The number of likely N-dealkylation sites (tertiary alicyclic amines) is 1. The summed E-state index contributed by atoms with van der Waals surface area (Å²) in [5.74, 6) is 2.06. The average Bonchev–Trinajstić information content (AvgIpc) is 3.46. The number of halogens is 1. The molecule has 9 heteroatoms. The van der Waals surface area contributed by atoms with E-state index in [1.54, 1.807) is 19.1 Å². The predicted octanol–water partition coefficient (Wildman–Crippen LogP) is 2.51. The number of hydrogen-bond acceptors (Lipinski definition) is 7. The number of amides is 1. The Morgan fingerprint density at radius 2 is 2.00 bits per heavy atom. The first kappa shape index (κ1) is 17.0. The summed E-state index contributed by atoms with van der Waals surface area (Å²) in [6.07, 6.45) is 1.85. The van der Waals surface area contributed by atoms with E-state index in [0.29, 0.717) is 41.5 Å². The van der Waals surface area contributed by atoms with Crippen molar-refractivity contribution in [2.45, 2.75) is 38.1 Å². The smallest absolute Gasteiger partial charge is 0.236 e. The fourth-order valence-electron chi connectivity index (χ4n) is 4.31. The minimum Gasteiger partial charge on any atom is -0.339 e. The van der Waals surface area contributed by atoms with Crippen LogP contribution in [0, 0.1) is 18.7 Å². The molecule has 0 radical (unpaired) electrons. The van der Waals surface area contributed by atoms with Crippen molar-refractivity contribution in [1.29, 1.82) is 0 Å². The zero-order chi connectivity index (χ0) is 19.3. The molecule has 28 heavy (non-hydrogen) atoms. The van der Waals surface area contributed by atoms with Gasteiger partial charge in [-0.25, -0.2) is 4.39 Å². The maximum atomic E-state index is 13.1. The molecule has 2 aromatic heterocycles. The molecule has 144 valence electrons. The number of fused-ring (bicyclic) bond motifs is 2. The van der Waals surface area contributed by atoms with Gasteiger partial charge in [-0.05, 0) is 49.9 Å². The zero-order valence-corrected chi connectivity index (χ0v) is 15.2. The molecular formula is C19H18FN5O3. The molecule has 3 heterocycles. The second-order valence-electron chi connectivity index (χ2n) is 7.41. The van der Waals surface area contributed by atoms with E-state index in [0.717, 1.165) is 12.8 Å². The van der Waals surface area contributed by atoms with Crippen LogP contribution >= 0.6 is 0 Å². The van der Waals surface area contributed by atoms with Gasteiger partial charge in [0, 0.05) is 24.1 Å². The van der Waals surface area contributed by atoms with Crippen molar-refractivity contribution in [3.05, 3.63) is 47.7 Å². The van der Waals surface area contributed by atoms with Gasteiger partial charge in [0.25, 0.3) is 0 Å². The quantitative estimate of drug-likeness (QED) is 0.683. The molecule has 1 aliphatic heterocycles. The molecule has 0 spiro atoms. The third-order valence-electron chi connectivity index (χ3n) is 5.60. The summed E-state index contributed by atoms with van der Waals surface area (Å²) < 4.78 is 23.6. The summed E-state index contributed by atoms with van der Waals surface area (Å²) in [4.78, 5) is 23.1. The van der Waals surface area contributed by atoms with Crippen LogP contribution in [0.25, 0.3) is 11.4 Å². The topological polar surface area (TPSA) is 98.2 Å². The zero-order valence-electron chi connectivity index (χ0n) is 15.2. The summed E-state index contributed by atoms with van der Waals surface area (Å²) >= 11 is 0. The molecular weight excluding hydrogens is 365 g/mol. The van der Waals surface area contributed by atoms with Crippen LogP contribution in [0.4, 0.5) is 4.39 Å². The molecule has 2 bridgehead atoms. The molecule has 3 unspecified atom stereocenters. The van der Waals surface area contributed by atoms with Gasteiger partial charge in [-0.2, -0.15) is 9.97 Å². The second-order valence-corrected chi connectivity index (χ2v) is 7.41. The van der Waals surface area contributed by atoms with Crippen LogP contribution in [0.2, 0.25) is 0 Å². The van der Waals surface area contributed by atoms with Crippen molar-refractivity contribution in [2.24, 2.45) is 5.92 Å². The summed E-state index contributed by atoms with van der Waals surface area (Å²) in [5, 5.41) is 7.76. The Kier molecular flexibility index (Phi) is 3.96. The van der Waals surface area contributed by atoms with Gasteiger partial charge >= 0.3 is 0 Å². The van der Waals surface area contributed by atoms with Gasteiger partial charge in [0.1, 0.15) is 12.2 Å². The molecule has 3 aromatic rings. The van der Waals surface area contributed by atoms with Crippen molar-refractivity contribution in [3.8, 4) is 11.4 Å². The van der Waals surface area contributed by atoms with E-state index in [-0.39, 0.29) is 30.1 Å². The van der Waals surface area contributed by atoms with E-state index in [1.807, 2.05) is 4.90 Å². The van der Waals surface area contributed by atoms with Crippen LogP contribution in [-0.4, -0.2) is 43.7 Å². The normalized spacial score (nSPS) is 23.5. The predicted molar refractivity (Wildman–Crippen MR) is 93.4 cm³/mol. The number of aromatic nitrogens is 4. The van der Waals surface area contributed by atoms with Crippen molar-refractivity contribution >= 4 is 5.91 Å². The van der Waals surface area contributed by atoms with Gasteiger partial charge in [-0.15, -0.1) is 0 Å². The van der Waals surface area contributed by atoms with Gasteiger partial charge in [-0.3, -0.25) is 4.79 Å². The van der Waals surface area contributed by atoms with E-state index in [9.17, 15) is 9.18 Å². The van der Waals surface area contributed by atoms with Gasteiger partial charge < -0.3 is 13.9 Å². The second kappa shape index (κ2) is 6.50. The summed E-state index contributed by atoms with van der Waals surface area (Å²) in [7, 11) is 0. The molecule has 1 aliphatic carbocycles. The minimum absolute atomic E-state index is 0.00660. The largest absolute Gasteiger partial charge is 0.339 e. The molecule has 2 fully saturated rings. The number of nitrogens with zero attached hydrogens (tertiary/aromatic N) is 5. The Morgan fingerprint density at radius 1 is 1.18 bits per heavy atom. The third kappa shape index (κ3) is 2.96. The lowest BCUT2D eigenvalue weighted by Gasteiger charge is -2.29. The average molecular weight is 383 g/mol. The first-order chi connectivity index (χ1) is 13.6. The molecule has 1 aromatic carbocycles. The molecule has 1 saturated carbocycles. The highest BCUT2D eigenvalue weighted by atomic mass is 19.1. The molecule has 2 aliphatic rings. The maximum absolute atomic E-state index is 13.1. The third-order valence-corrected chi connectivity index (χ3v) is 5.60. The van der Waals surface area contributed by atoms with Crippen LogP contribution in [0.15, 0.2) is 33.3 Å². The molecule has 1 saturated heterocycles. The van der Waals surface area contributed by atoms with Crippen molar-refractivity contribution < 1.29 is 18.2 Å². The van der Waals surface area contributed by atoms with Crippen LogP contribution in [-0.2, 0) is 11.2 Å². The SMILES string of the molecule is Cc1noc(CC(=O)N2CC3CC2CC3c2nc(-c3ccc(F)cc3)no2)n1. The number of benzene rings is 1. The van der Waals surface area contributed by atoms with Gasteiger partial charge in [0.15, 0.2) is 5.82 Å². The Morgan fingerprint density at radius 3 is 2.68 bits per heavy atom. The maximum Gasteiger partial charge on any atom is 0.236 e. The summed E-state index contributed by atoms with van der Waals surface area (Å²) in [6, 6.07) is 6.16. The van der Waals surface area contributed by atoms with E-state index >= 15 is 0 Å². The number of piperidine rings is 1. The van der Waals surface area contributed by atoms with Crippen molar-refractivity contribution in [3.63, 3.8) is 0 Å². The molecule has 1 amide bonds. The Hall–Kier alpha value is -3.10. The number of rotatable bonds is 4. The molecule has 0 N–H and O–H groups in total. The lowest BCUT2D eigenvalue weighted by Crippen LogP contribution is -2.40. The Balaban J connectivity index is 1.26. The van der Waals surface area contributed by atoms with Gasteiger partial charge in [0.05, 0.1) is 0 Å². The van der Waals surface area contributed by atoms with Crippen LogP contribution in [0.1, 0.15) is 36.4 Å². The highest BCUT2D eigenvalue weighted by Gasteiger charge is 2.49. The first-order valence-electron chi connectivity index (χ1n) is 9.25. The Bertz CT molecular complexity index is 1010.